The highest BCUT2D eigenvalue weighted by Gasteiger charge is 2.40. The summed E-state index contributed by atoms with van der Waals surface area (Å²) in [6, 6.07) is 9.78. The van der Waals surface area contributed by atoms with Crippen LogP contribution in [-0.2, 0) is 16.0 Å². The van der Waals surface area contributed by atoms with Gasteiger partial charge in [-0.3, -0.25) is 9.59 Å². The lowest BCUT2D eigenvalue weighted by molar-refractivity contribution is -0.142. The second-order valence-electron chi connectivity index (χ2n) is 6.95. The molecule has 3 unspecified atom stereocenters. The number of nitrogens with zero attached hydrogens (tertiary/aromatic N) is 1. The first-order valence-electron chi connectivity index (χ1n) is 8.80. The van der Waals surface area contributed by atoms with E-state index < -0.39 is 19.0 Å². The smallest absolute Gasteiger partial charge is 0.451 e. The van der Waals surface area contributed by atoms with Gasteiger partial charge in [0.25, 0.3) is 0 Å². The maximum Gasteiger partial charge on any atom is 0.451 e. The molecule has 0 bridgehead atoms. The van der Waals surface area contributed by atoms with Crippen molar-refractivity contribution in [2.45, 2.75) is 32.5 Å². The largest absolute Gasteiger partial charge is 0.481 e. The predicted octanol–water partition coefficient (Wildman–Crippen LogP) is 1.28. The van der Waals surface area contributed by atoms with Crippen LogP contribution in [0.2, 0.25) is 6.32 Å². The van der Waals surface area contributed by atoms with Crippen LogP contribution in [0, 0.1) is 17.8 Å². The summed E-state index contributed by atoms with van der Waals surface area (Å²) in [6.45, 7) is 2.54. The lowest BCUT2D eigenvalue weighted by Gasteiger charge is -2.21. The maximum absolute atomic E-state index is 12.7. The molecule has 1 saturated heterocycles. The summed E-state index contributed by atoms with van der Waals surface area (Å²) in [5.74, 6) is -1.82. The molecule has 1 fully saturated rings. The van der Waals surface area contributed by atoms with E-state index in [1.807, 2.05) is 37.3 Å². The van der Waals surface area contributed by atoms with E-state index in [1.165, 1.54) is 0 Å². The highest BCUT2D eigenvalue weighted by Crippen LogP contribution is 2.30. The number of carbonyl (C=O) groups is 2. The minimum Gasteiger partial charge on any atom is -0.481 e. The molecule has 2 rings (SSSR count). The van der Waals surface area contributed by atoms with Gasteiger partial charge >= 0.3 is 13.1 Å². The van der Waals surface area contributed by atoms with E-state index in [4.69, 9.17) is 10.0 Å². The van der Waals surface area contributed by atoms with E-state index in [-0.39, 0.29) is 30.6 Å². The quantitative estimate of drug-likeness (QED) is 0.616. The molecule has 0 aromatic heterocycles. The van der Waals surface area contributed by atoms with Crippen LogP contribution in [0.3, 0.4) is 0 Å². The highest BCUT2D eigenvalue weighted by molar-refractivity contribution is 6.40. The normalized spacial score (nSPS) is 21.2. The number of rotatable bonds is 8. The first kappa shape index (κ1) is 19.5. The summed E-state index contributed by atoms with van der Waals surface area (Å²) in [5.41, 5.74) is 1.09. The van der Waals surface area contributed by atoms with E-state index in [0.29, 0.717) is 25.8 Å². The second-order valence-corrected chi connectivity index (χ2v) is 6.95. The maximum atomic E-state index is 12.7. The van der Waals surface area contributed by atoms with Gasteiger partial charge in [0, 0.05) is 19.0 Å². The van der Waals surface area contributed by atoms with E-state index >= 15 is 0 Å². The molecule has 3 atom stereocenters. The molecule has 1 aliphatic heterocycles. The Hall–Kier alpha value is -1.86. The Labute approximate surface area is 148 Å². The molecular formula is C18H26BNO5. The zero-order chi connectivity index (χ0) is 18.4. The van der Waals surface area contributed by atoms with E-state index in [0.717, 1.165) is 5.56 Å². The Balaban J connectivity index is 1.94. The summed E-state index contributed by atoms with van der Waals surface area (Å²) in [7, 11) is -1.37. The third-order valence-electron chi connectivity index (χ3n) is 4.91. The van der Waals surface area contributed by atoms with E-state index in [2.05, 4.69) is 0 Å². The van der Waals surface area contributed by atoms with Crippen LogP contribution in [0.5, 0.6) is 0 Å². The van der Waals surface area contributed by atoms with Gasteiger partial charge in [0.2, 0.25) is 5.91 Å². The molecule has 25 heavy (non-hydrogen) atoms. The lowest BCUT2D eigenvalue weighted by atomic mass is 9.80. The number of carboxylic acid groups (broad SMARTS) is 1. The Morgan fingerprint density at radius 1 is 1.24 bits per heavy atom. The zero-order valence-corrected chi connectivity index (χ0v) is 14.5. The van der Waals surface area contributed by atoms with Gasteiger partial charge in [-0.05, 0) is 30.6 Å². The van der Waals surface area contributed by atoms with Crippen molar-refractivity contribution >= 4 is 19.0 Å². The Morgan fingerprint density at radius 3 is 2.52 bits per heavy atom. The van der Waals surface area contributed by atoms with E-state index in [1.54, 1.807) is 4.90 Å². The van der Waals surface area contributed by atoms with Crippen molar-refractivity contribution in [2.24, 2.45) is 17.8 Å². The van der Waals surface area contributed by atoms with Gasteiger partial charge in [-0.1, -0.05) is 43.7 Å². The molecule has 1 heterocycles. The van der Waals surface area contributed by atoms with Gasteiger partial charge in [-0.25, -0.2) is 0 Å². The fourth-order valence-corrected chi connectivity index (χ4v) is 3.55. The summed E-state index contributed by atoms with van der Waals surface area (Å²) in [6.07, 6.45) is 1.97. The molecular weight excluding hydrogens is 321 g/mol. The molecule has 136 valence electrons. The van der Waals surface area contributed by atoms with Gasteiger partial charge in [0.15, 0.2) is 0 Å². The molecule has 1 aromatic carbocycles. The lowest BCUT2D eigenvalue weighted by Crippen LogP contribution is -2.35. The highest BCUT2D eigenvalue weighted by atomic mass is 16.4. The van der Waals surface area contributed by atoms with Crippen LogP contribution in [0.15, 0.2) is 30.3 Å². The molecule has 7 heteroatoms. The molecule has 6 nitrogen and oxygen atoms in total. The van der Waals surface area contributed by atoms with Crippen molar-refractivity contribution in [1.29, 1.82) is 0 Å². The van der Waals surface area contributed by atoms with Crippen LogP contribution in [0.25, 0.3) is 0 Å². The number of hydrogen-bond donors (Lipinski definition) is 3. The van der Waals surface area contributed by atoms with Crippen molar-refractivity contribution in [2.75, 3.05) is 13.1 Å². The van der Waals surface area contributed by atoms with Crippen LogP contribution >= 0.6 is 0 Å². The second kappa shape index (κ2) is 9.01. The fraction of sp³-hybridized carbons (Fsp3) is 0.556. The van der Waals surface area contributed by atoms with Crippen LogP contribution in [0.4, 0.5) is 0 Å². The topological polar surface area (TPSA) is 98.1 Å². The van der Waals surface area contributed by atoms with Gasteiger partial charge < -0.3 is 20.1 Å². The molecule has 0 aliphatic carbocycles. The standard InChI is InChI=1S/C18H26BNO5/c1-13(10-14-6-3-2-4-7-14)17(21)20-11-15(8-5-9-19(24)25)16(12-20)18(22)23/h2-4,6-7,13,15-16,24-25H,5,8-12H2,1H3,(H,22,23). The van der Waals surface area contributed by atoms with Crippen molar-refractivity contribution in [1.82, 2.24) is 4.90 Å². The minimum atomic E-state index is -1.37. The van der Waals surface area contributed by atoms with Crippen LogP contribution in [-0.4, -0.2) is 52.1 Å². The minimum absolute atomic E-state index is 0.0141. The summed E-state index contributed by atoms with van der Waals surface area (Å²) in [5, 5.41) is 27.3. The van der Waals surface area contributed by atoms with Crippen LogP contribution < -0.4 is 0 Å². The van der Waals surface area contributed by atoms with Crippen molar-refractivity contribution in [3.8, 4) is 0 Å². The number of hydrogen-bond acceptors (Lipinski definition) is 4. The molecule has 0 radical (unpaired) electrons. The van der Waals surface area contributed by atoms with Gasteiger partial charge in [0.05, 0.1) is 5.92 Å². The monoisotopic (exact) mass is 347 g/mol. The number of carbonyl (C=O) groups excluding carboxylic acids is 1. The van der Waals surface area contributed by atoms with Crippen molar-refractivity contribution < 1.29 is 24.7 Å². The number of amides is 1. The first-order valence-corrected chi connectivity index (χ1v) is 8.80. The molecule has 0 spiro atoms. The number of likely N-dealkylation sites (tertiary alicyclic amines) is 1. The third kappa shape index (κ3) is 5.58. The first-order chi connectivity index (χ1) is 11.9. The molecule has 1 amide bonds. The average molecular weight is 347 g/mol. The molecule has 1 aliphatic rings. The SMILES string of the molecule is CC(Cc1ccccc1)C(=O)N1CC(CCCB(O)O)C(C(=O)O)C1. The Bertz CT molecular complexity index is 580. The Kier molecular flexibility index (Phi) is 7.02. The summed E-state index contributed by atoms with van der Waals surface area (Å²) in [4.78, 5) is 25.9. The van der Waals surface area contributed by atoms with Gasteiger partial charge in [0.1, 0.15) is 0 Å². The average Bonchev–Trinajstić information content (AvgIpc) is 2.99. The fourth-order valence-electron chi connectivity index (χ4n) is 3.55. The molecule has 3 N–H and O–H groups in total. The summed E-state index contributed by atoms with van der Waals surface area (Å²) < 4.78 is 0. The van der Waals surface area contributed by atoms with Gasteiger partial charge in [-0.2, -0.15) is 0 Å². The van der Waals surface area contributed by atoms with Crippen molar-refractivity contribution in [3.05, 3.63) is 35.9 Å². The molecule has 1 aromatic rings. The van der Waals surface area contributed by atoms with Crippen molar-refractivity contribution in [3.63, 3.8) is 0 Å². The third-order valence-corrected chi connectivity index (χ3v) is 4.91. The van der Waals surface area contributed by atoms with Crippen LogP contribution in [0.1, 0.15) is 25.3 Å². The zero-order valence-electron chi connectivity index (χ0n) is 14.5. The number of aliphatic carboxylic acids is 1. The summed E-state index contributed by atoms with van der Waals surface area (Å²) >= 11 is 0. The molecule has 0 saturated carbocycles. The Morgan fingerprint density at radius 2 is 1.92 bits per heavy atom. The van der Waals surface area contributed by atoms with E-state index in [9.17, 15) is 14.7 Å². The predicted molar refractivity (Wildman–Crippen MR) is 94.7 cm³/mol. The van der Waals surface area contributed by atoms with Gasteiger partial charge in [-0.15, -0.1) is 0 Å². The number of carboxylic acids is 1. The number of benzene rings is 1.